The molecule has 0 spiro atoms. The molecule has 1 aliphatic rings. The van der Waals surface area contributed by atoms with Crippen LogP contribution in [0, 0.1) is 0 Å². The number of ether oxygens (including phenoxy) is 1. The summed E-state index contributed by atoms with van der Waals surface area (Å²) < 4.78 is 5.36. The summed E-state index contributed by atoms with van der Waals surface area (Å²) in [7, 11) is 1.97. The normalized spacial score (nSPS) is 18.3. The maximum absolute atomic E-state index is 11.9. The molecule has 1 unspecified atom stereocenters. The van der Waals surface area contributed by atoms with E-state index < -0.39 is 5.60 Å². The van der Waals surface area contributed by atoms with Crippen molar-refractivity contribution in [2.24, 2.45) is 0 Å². The van der Waals surface area contributed by atoms with Crippen LogP contribution < -0.4 is 5.32 Å². The van der Waals surface area contributed by atoms with Gasteiger partial charge in [-0.25, -0.2) is 4.79 Å². The summed E-state index contributed by atoms with van der Waals surface area (Å²) in [4.78, 5) is 13.6. The van der Waals surface area contributed by atoms with Gasteiger partial charge in [-0.15, -0.1) is 0 Å². The van der Waals surface area contributed by atoms with Crippen molar-refractivity contribution >= 4 is 6.09 Å². The zero-order valence-corrected chi connectivity index (χ0v) is 12.2. The lowest BCUT2D eigenvalue weighted by Gasteiger charge is -2.30. The van der Waals surface area contributed by atoms with Crippen LogP contribution in [0.15, 0.2) is 11.6 Å². The van der Waals surface area contributed by atoms with E-state index in [0.717, 1.165) is 19.4 Å². The van der Waals surface area contributed by atoms with Gasteiger partial charge in [-0.2, -0.15) is 0 Å². The van der Waals surface area contributed by atoms with E-state index in [1.54, 1.807) is 4.90 Å². The maximum atomic E-state index is 11.9. The second-order valence-electron chi connectivity index (χ2n) is 5.93. The van der Waals surface area contributed by atoms with E-state index in [-0.39, 0.29) is 6.09 Å². The molecule has 0 aromatic rings. The molecule has 1 heterocycles. The Morgan fingerprint density at radius 1 is 1.56 bits per heavy atom. The van der Waals surface area contributed by atoms with E-state index in [2.05, 4.69) is 18.3 Å². The average molecular weight is 254 g/mol. The van der Waals surface area contributed by atoms with E-state index in [4.69, 9.17) is 4.74 Å². The van der Waals surface area contributed by atoms with Crippen LogP contribution in [-0.2, 0) is 4.74 Å². The van der Waals surface area contributed by atoms with Crippen LogP contribution in [0.4, 0.5) is 4.79 Å². The molecule has 4 nitrogen and oxygen atoms in total. The van der Waals surface area contributed by atoms with Gasteiger partial charge in [0.2, 0.25) is 0 Å². The Bertz CT molecular complexity index is 318. The quantitative estimate of drug-likeness (QED) is 0.787. The fourth-order valence-corrected chi connectivity index (χ4v) is 1.88. The van der Waals surface area contributed by atoms with E-state index in [9.17, 15) is 4.79 Å². The molecule has 0 bridgehead atoms. The van der Waals surface area contributed by atoms with Crippen molar-refractivity contribution in [3.63, 3.8) is 0 Å². The first-order chi connectivity index (χ1) is 8.31. The highest BCUT2D eigenvalue weighted by Crippen LogP contribution is 2.18. The minimum absolute atomic E-state index is 0.209. The lowest BCUT2D eigenvalue weighted by atomic mass is 10.0. The van der Waals surface area contributed by atoms with E-state index in [0.29, 0.717) is 12.6 Å². The Kier molecular flexibility index (Phi) is 5.20. The van der Waals surface area contributed by atoms with Crippen molar-refractivity contribution in [2.75, 3.05) is 20.1 Å². The van der Waals surface area contributed by atoms with Crippen LogP contribution in [0.2, 0.25) is 0 Å². The molecule has 0 radical (unpaired) electrons. The minimum Gasteiger partial charge on any atom is -0.444 e. The SMILES string of the molecule is CNC(C)CC1=CCN(C(=O)OC(C)(C)C)CC1. The summed E-state index contributed by atoms with van der Waals surface area (Å²) in [5.41, 5.74) is 1.01. The fourth-order valence-electron chi connectivity index (χ4n) is 1.88. The van der Waals surface area contributed by atoms with Crippen LogP contribution in [-0.4, -0.2) is 42.8 Å². The zero-order chi connectivity index (χ0) is 13.8. The number of nitrogens with one attached hydrogen (secondary N) is 1. The first-order valence-corrected chi connectivity index (χ1v) is 6.65. The molecular weight excluding hydrogens is 228 g/mol. The Morgan fingerprint density at radius 3 is 2.67 bits per heavy atom. The number of amides is 1. The van der Waals surface area contributed by atoms with Crippen LogP contribution >= 0.6 is 0 Å². The second-order valence-corrected chi connectivity index (χ2v) is 5.93. The predicted octanol–water partition coefficient (Wildman–Crippen LogP) is 2.55. The van der Waals surface area contributed by atoms with Gasteiger partial charge in [-0.05, 0) is 47.6 Å². The molecule has 1 N–H and O–H groups in total. The zero-order valence-electron chi connectivity index (χ0n) is 12.2. The van der Waals surface area contributed by atoms with E-state index in [1.807, 2.05) is 27.8 Å². The molecular formula is C14H26N2O2. The molecule has 0 aromatic carbocycles. The monoisotopic (exact) mass is 254 g/mol. The summed E-state index contributed by atoms with van der Waals surface area (Å²) in [5.74, 6) is 0. The minimum atomic E-state index is -0.415. The number of hydrogen-bond acceptors (Lipinski definition) is 3. The van der Waals surface area contributed by atoms with Crippen molar-refractivity contribution in [1.82, 2.24) is 10.2 Å². The number of nitrogens with zero attached hydrogens (tertiary/aromatic N) is 1. The molecule has 1 aliphatic heterocycles. The van der Waals surface area contributed by atoms with Crippen LogP contribution in [0.3, 0.4) is 0 Å². The largest absolute Gasteiger partial charge is 0.444 e. The molecule has 1 rings (SSSR count). The van der Waals surface area contributed by atoms with E-state index in [1.165, 1.54) is 5.57 Å². The topological polar surface area (TPSA) is 41.6 Å². The fraction of sp³-hybridized carbons (Fsp3) is 0.786. The Labute approximate surface area is 110 Å². The predicted molar refractivity (Wildman–Crippen MR) is 73.6 cm³/mol. The van der Waals surface area contributed by atoms with Gasteiger partial charge >= 0.3 is 6.09 Å². The maximum Gasteiger partial charge on any atom is 0.410 e. The third-order valence-corrected chi connectivity index (χ3v) is 3.02. The first kappa shape index (κ1) is 15.0. The average Bonchev–Trinajstić information content (AvgIpc) is 2.27. The van der Waals surface area contributed by atoms with Gasteiger partial charge in [0.15, 0.2) is 0 Å². The highest BCUT2D eigenvalue weighted by molar-refractivity contribution is 5.68. The van der Waals surface area contributed by atoms with E-state index >= 15 is 0 Å². The molecule has 4 heteroatoms. The Hall–Kier alpha value is -1.03. The highest BCUT2D eigenvalue weighted by atomic mass is 16.6. The van der Waals surface area contributed by atoms with Crippen molar-refractivity contribution in [2.45, 2.75) is 52.2 Å². The molecule has 1 atom stereocenters. The molecule has 104 valence electrons. The molecule has 1 amide bonds. The summed E-state index contributed by atoms with van der Waals surface area (Å²) in [6.07, 6.45) is 3.95. The van der Waals surface area contributed by atoms with Gasteiger partial charge in [-0.1, -0.05) is 11.6 Å². The third kappa shape index (κ3) is 5.08. The standard InChI is InChI=1S/C14H26N2O2/c1-11(15-5)10-12-6-8-16(9-7-12)13(17)18-14(2,3)4/h6,11,15H,7-10H2,1-5H3. The lowest BCUT2D eigenvalue weighted by molar-refractivity contribution is 0.0265. The summed E-state index contributed by atoms with van der Waals surface area (Å²) in [6, 6.07) is 0.490. The van der Waals surface area contributed by atoms with Crippen molar-refractivity contribution in [1.29, 1.82) is 0 Å². The van der Waals surface area contributed by atoms with Gasteiger partial charge in [0.05, 0.1) is 0 Å². The lowest BCUT2D eigenvalue weighted by Crippen LogP contribution is -2.39. The molecule has 0 saturated heterocycles. The Morgan fingerprint density at radius 2 is 2.22 bits per heavy atom. The van der Waals surface area contributed by atoms with Gasteiger partial charge in [0.25, 0.3) is 0 Å². The highest BCUT2D eigenvalue weighted by Gasteiger charge is 2.23. The summed E-state index contributed by atoms with van der Waals surface area (Å²) >= 11 is 0. The summed E-state index contributed by atoms with van der Waals surface area (Å²) in [6.45, 7) is 9.28. The third-order valence-electron chi connectivity index (χ3n) is 3.02. The molecule has 0 saturated carbocycles. The van der Waals surface area contributed by atoms with Gasteiger partial charge in [-0.3, -0.25) is 0 Å². The van der Waals surface area contributed by atoms with Crippen molar-refractivity contribution in [3.05, 3.63) is 11.6 Å². The number of hydrogen-bond donors (Lipinski definition) is 1. The number of carbonyl (C=O) groups excluding carboxylic acids is 1. The van der Waals surface area contributed by atoms with Gasteiger partial charge in [0.1, 0.15) is 5.60 Å². The van der Waals surface area contributed by atoms with Crippen LogP contribution in [0.1, 0.15) is 40.5 Å². The van der Waals surface area contributed by atoms with Crippen molar-refractivity contribution in [3.8, 4) is 0 Å². The molecule has 0 fully saturated rings. The Balaban J connectivity index is 2.45. The first-order valence-electron chi connectivity index (χ1n) is 6.65. The summed E-state index contributed by atoms with van der Waals surface area (Å²) in [5, 5.41) is 3.23. The van der Waals surface area contributed by atoms with Gasteiger partial charge in [0, 0.05) is 19.1 Å². The molecule has 0 aromatic heterocycles. The number of carbonyl (C=O) groups is 1. The van der Waals surface area contributed by atoms with Gasteiger partial charge < -0.3 is 15.0 Å². The van der Waals surface area contributed by atoms with Crippen molar-refractivity contribution < 1.29 is 9.53 Å². The second kappa shape index (κ2) is 6.23. The molecule has 0 aliphatic carbocycles. The smallest absolute Gasteiger partial charge is 0.410 e. The number of rotatable bonds is 3. The molecule has 18 heavy (non-hydrogen) atoms. The van der Waals surface area contributed by atoms with Crippen LogP contribution in [0.5, 0.6) is 0 Å². The van der Waals surface area contributed by atoms with Crippen LogP contribution in [0.25, 0.3) is 0 Å².